The van der Waals surface area contributed by atoms with Gasteiger partial charge in [0.25, 0.3) is 0 Å². The maximum absolute atomic E-state index is 12.1. The van der Waals surface area contributed by atoms with Gasteiger partial charge in [0.05, 0.1) is 17.0 Å². The van der Waals surface area contributed by atoms with Gasteiger partial charge in [-0.1, -0.05) is 23.8 Å². The lowest BCUT2D eigenvalue weighted by atomic mass is 10.00. The van der Waals surface area contributed by atoms with E-state index in [0.717, 1.165) is 17.4 Å². The van der Waals surface area contributed by atoms with E-state index in [2.05, 4.69) is 20.6 Å². The molecular weight excluding hydrogens is 448 g/mol. The number of aryl methyl sites for hydroxylation is 2. The summed E-state index contributed by atoms with van der Waals surface area (Å²) in [5.41, 5.74) is 3.59. The van der Waals surface area contributed by atoms with Gasteiger partial charge in [0.1, 0.15) is 30.6 Å². The zero-order chi connectivity index (χ0) is 25.4. The van der Waals surface area contributed by atoms with E-state index >= 15 is 0 Å². The highest BCUT2D eigenvalue weighted by molar-refractivity contribution is 5.96. The van der Waals surface area contributed by atoms with Crippen LogP contribution in [0, 0.1) is 13.8 Å². The second-order valence-corrected chi connectivity index (χ2v) is 8.33. The highest BCUT2D eigenvalue weighted by Crippen LogP contribution is 2.23. The van der Waals surface area contributed by atoms with Crippen molar-refractivity contribution in [3.63, 3.8) is 0 Å². The van der Waals surface area contributed by atoms with Gasteiger partial charge in [-0.05, 0) is 43.8 Å². The predicted octanol–water partition coefficient (Wildman–Crippen LogP) is 2.22. The van der Waals surface area contributed by atoms with E-state index in [0.29, 0.717) is 35.2 Å². The van der Waals surface area contributed by atoms with E-state index in [1.54, 1.807) is 19.3 Å². The largest absolute Gasteiger partial charge is 0.491 e. The van der Waals surface area contributed by atoms with Crippen molar-refractivity contribution in [2.45, 2.75) is 31.9 Å². The molecule has 0 spiro atoms. The summed E-state index contributed by atoms with van der Waals surface area (Å²) in [6.45, 7) is 4.20. The SMILES string of the molecule is CN/C=C\C(NCC(O)COc1ccc(C)cc1C)C(C=O)c1nc2cc(C=O)c(C=O)cc2[nH]1. The number of H-pyrrole nitrogens is 1. The highest BCUT2D eigenvalue weighted by Gasteiger charge is 2.25. The number of aldehydes is 3. The molecule has 9 heteroatoms. The van der Waals surface area contributed by atoms with Crippen molar-refractivity contribution in [1.29, 1.82) is 0 Å². The number of hydrogen-bond donors (Lipinski definition) is 4. The van der Waals surface area contributed by atoms with Crippen LogP contribution in [0.5, 0.6) is 5.75 Å². The molecular formula is C26H30N4O5. The summed E-state index contributed by atoms with van der Waals surface area (Å²) in [7, 11) is 1.74. The maximum Gasteiger partial charge on any atom is 0.150 e. The normalized spacial score (nSPS) is 13.9. The lowest BCUT2D eigenvalue weighted by Gasteiger charge is -2.22. The van der Waals surface area contributed by atoms with Crippen LogP contribution in [-0.4, -0.2) is 66.3 Å². The molecule has 4 N–H and O–H groups in total. The first-order chi connectivity index (χ1) is 16.9. The van der Waals surface area contributed by atoms with Gasteiger partial charge in [0.2, 0.25) is 0 Å². The topological polar surface area (TPSA) is 133 Å². The second-order valence-electron chi connectivity index (χ2n) is 8.33. The number of nitrogens with zero attached hydrogens (tertiary/aromatic N) is 1. The number of carbonyl (C=O) groups excluding carboxylic acids is 3. The number of carbonyl (C=O) groups is 3. The van der Waals surface area contributed by atoms with E-state index in [4.69, 9.17) is 4.74 Å². The van der Waals surface area contributed by atoms with Crippen LogP contribution in [0.25, 0.3) is 11.0 Å². The van der Waals surface area contributed by atoms with E-state index in [-0.39, 0.29) is 24.3 Å². The Morgan fingerprint density at radius 2 is 1.86 bits per heavy atom. The number of nitrogens with one attached hydrogen (secondary N) is 3. The molecule has 184 valence electrons. The Kier molecular flexibility index (Phi) is 8.88. The number of hydrogen-bond acceptors (Lipinski definition) is 8. The maximum atomic E-state index is 12.1. The van der Waals surface area contributed by atoms with Gasteiger partial charge < -0.3 is 30.3 Å². The lowest BCUT2D eigenvalue weighted by molar-refractivity contribution is -0.109. The zero-order valence-corrected chi connectivity index (χ0v) is 19.9. The number of aliphatic hydroxyl groups excluding tert-OH is 1. The van der Waals surface area contributed by atoms with Crippen LogP contribution in [0.15, 0.2) is 42.6 Å². The summed E-state index contributed by atoms with van der Waals surface area (Å²) in [4.78, 5) is 42.2. The van der Waals surface area contributed by atoms with Crippen LogP contribution in [0.1, 0.15) is 43.6 Å². The second kappa shape index (κ2) is 12.0. The van der Waals surface area contributed by atoms with E-state index in [9.17, 15) is 19.5 Å². The van der Waals surface area contributed by atoms with Gasteiger partial charge in [-0.2, -0.15) is 0 Å². The molecule has 0 aliphatic carbocycles. The number of aromatic nitrogens is 2. The minimum Gasteiger partial charge on any atom is -0.491 e. The van der Waals surface area contributed by atoms with Crippen molar-refractivity contribution in [2.75, 3.05) is 20.2 Å². The summed E-state index contributed by atoms with van der Waals surface area (Å²) < 4.78 is 5.76. The molecule has 9 nitrogen and oxygen atoms in total. The molecule has 2 aromatic carbocycles. The van der Waals surface area contributed by atoms with Crippen molar-refractivity contribution in [1.82, 2.24) is 20.6 Å². The first-order valence-corrected chi connectivity index (χ1v) is 11.2. The van der Waals surface area contributed by atoms with E-state index in [1.807, 2.05) is 32.0 Å². The summed E-state index contributed by atoms with van der Waals surface area (Å²) in [5.74, 6) is 0.353. The molecule has 3 atom stereocenters. The number of benzene rings is 2. The Morgan fingerprint density at radius 1 is 1.11 bits per heavy atom. The molecule has 0 radical (unpaired) electrons. The Balaban J connectivity index is 1.74. The molecule has 0 bridgehead atoms. The molecule has 1 heterocycles. The Hall–Kier alpha value is -3.82. The molecule has 0 saturated carbocycles. The first kappa shape index (κ1) is 25.8. The number of fused-ring (bicyclic) bond motifs is 1. The van der Waals surface area contributed by atoms with Gasteiger partial charge in [-0.15, -0.1) is 0 Å². The molecule has 1 aromatic heterocycles. The summed E-state index contributed by atoms with van der Waals surface area (Å²) in [5, 5.41) is 16.6. The Labute approximate surface area is 203 Å². The molecule has 0 amide bonds. The quantitative estimate of drug-likeness (QED) is 0.275. The number of imidazole rings is 1. The fourth-order valence-electron chi connectivity index (χ4n) is 3.78. The van der Waals surface area contributed by atoms with Crippen LogP contribution in [0.3, 0.4) is 0 Å². The number of rotatable bonds is 13. The molecule has 0 aliphatic rings. The van der Waals surface area contributed by atoms with Gasteiger partial charge in [0.15, 0.2) is 12.6 Å². The lowest BCUT2D eigenvalue weighted by Crippen LogP contribution is -2.41. The van der Waals surface area contributed by atoms with Crippen LogP contribution < -0.4 is 15.4 Å². The van der Waals surface area contributed by atoms with Gasteiger partial charge in [0, 0.05) is 30.8 Å². The third-order valence-corrected chi connectivity index (χ3v) is 5.63. The fourth-order valence-corrected chi connectivity index (χ4v) is 3.78. The molecule has 0 saturated heterocycles. The standard InChI is InChI=1S/C26H30N4O5/c1-16-4-5-25(17(2)8-16)35-15-20(34)11-28-22(6-7-27-3)21(14-33)26-29-23-9-18(12-31)19(13-32)10-24(23)30-26/h4-10,12-14,20-22,27-28,34H,11,15H2,1-3H3,(H,29,30)/b7-6-. The average Bonchev–Trinajstić information content (AvgIpc) is 3.26. The third-order valence-electron chi connectivity index (χ3n) is 5.63. The van der Waals surface area contributed by atoms with Crippen molar-refractivity contribution in [2.24, 2.45) is 0 Å². The van der Waals surface area contributed by atoms with Gasteiger partial charge in [-0.3, -0.25) is 9.59 Å². The fraction of sp³-hybridized carbons (Fsp3) is 0.308. The van der Waals surface area contributed by atoms with Gasteiger partial charge >= 0.3 is 0 Å². The van der Waals surface area contributed by atoms with Crippen LogP contribution in [0.4, 0.5) is 0 Å². The van der Waals surface area contributed by atoms with Crippen molar-refractivity contribution in [3.8, 4) is 5.75 Å². The zero-order valence-electron chi connectivity index (χ0n) is 19.9. The van der Waals surface area contributed by atoms with Crippen LogP contribution in [0.2, 0.25) is 0 Å². The van der Waals surface area contributed by atoms with Gasteiger partial charge in [-0.25, -0.2) is 4.98 Å². The predicted molar refractivity (Wildman–Crippen MR) is 133 cm³/mol. The smallest absolute Gasteiger partial charge is 0.150 e. The van der Waals surface area contributed by atoms with Crippen molar-refractivity contribution >= 4 is 29.9 Å². The summed E-state index contributed by atoms with van der Waals surface area (Å²) in [6, 6.07) is 8.37. The minimum absolute atomic E-state index is 0.0820. The average molecular weight is 479 g/mol. The molecule has 35 heavy (non-hydrogen) atoms. The van der Waals surface area contributed by atoms with Crippen LogP contribution >= 0.6 is 0 Å². The summed E-state index contributed by atoms with van der Waals surface area (Å²) >= 11 is 0. The molecule has 3 aromatic rings. The molecule has 0 aliphatic heterocycles. The molecule has 0 fully saturated rings. The Morgan fingerprint density at radius 3 is 2.51 bits per heavy atom. The van der Waals surface area contributed by atoms with Crippen molar-refractivity contribution < 1.29 is 24.2 Å². The number of ether oxygens (including phenoxy) is 1. The van der Waals surface area contributed by atoms with Crippen LogP contribution in [-0.2, 0) is 4.79 Å². The van der Waals surface area contributed by atoms with E-state index < -0.39 is 18.1 Å². The molecule has 3 rings (SSSR count). The molecule has 3 unspecified atom stereocenters. The monoisotopic (exact) mass is 478 g/mol. The number of aliphatic hydroxyl groups is 1. The van der Waals surface area contributed by atoms with E-state index in [1.165, 1.54) is 12.1 Å². The third kappa shape index (κ3) is 6.40. The Bertz CT molecular complexity index is 1170. The van der Waals surface area contributed by atoms with Crippen molar-refractivity contribution in [3.05, 3.63) is 70.7 Å². The summed E-state index contributed by atoms with van der Waals surface area (Å²) in [6.07, 6.45) is 4.57. The first-order valence-electron chi connectivity index (χ1n) is 11.2. The minimum atomic E-state index is -0.825. The number of aromatic amines is 1. The highest BCUT2D eigenvalue weighted by atomic mass is 16.5.